The number of hydrogen-bond donors (Lipinski definition) is 2. The molecule has 1 amide bonds. The smallest absolute Gasteiger partial charge is 0.220 e. The Morgan fingerprint density at radius 1 is 1.47 bits per heavy atom. The van der Waals surface area contributed by atoms with Gasteiger partial charge in [0.1, 0.15) is 0 Å². The van der Waals surface area contributed by atoms with Crippen LogP contribution in [0.25, 0.3) is 0 Å². The lowest BCUT2D eigenvalue weighted by molar-refractivity contribution is -0.121. The number of anilines is 1. The quantitative estimate of drug-likeness (QED) is 0.837. The van der Waals surface area contributed by atoms with E-state index >= 15 is 0 Å². The van der Waals surface area contributed by atoms with Crippen LogP contribution in [0.3, 0.4) is 0 Å². The molecule has 17 heavy (non-hydrogen) atoms. The molecule has 0 aliphatic carbocycles. The summed E-state index contributed by atoms with van der Waals surface area (Å²) in [6.45, 7) is 3.69. The summed E-state index contributed by atoms with van der Waals surface area (Å²) in [5.41, 5.74) is 3.81. The summed E-state index contributed by atoms with van der Waals surface area (Å²) in [4.78, 5) is 11.5. The molecule has 0 unspecified atom stereocenters. The summed E-state index contributed by atoms with van der Waals surface area (Å²) in [5, 5.41) is 6.41. The van der Waals surface area contributed by atoms with Crippen molar-refractivity contribution >= 4 is 11.6 Å². The Kier molecular flexibility index (Phi) is 4.02. The van der Waals surface area contributed by atoms with E-state index in [4.69, 9.17) is 0 Å². The third-order valence-corrected chi connectivity index (χ3v) is 3.11. The van der Waals surface area contributed by atoms with Crippen LogP contribution in [0.15, 0.2) is 18.2 Å². The van der Waals surface area contributed by atoms with E-state index < -0.39 is 0 Å². The minimum absolute atomic E-state index is 0.140. The van der Waals surface area contributed by atoms with Crippen molar-refractivity contribution in [1.29, 1.82) is 0 Å². The highest BCUT2D eigenvalue weighted by atomic mass is 16.1. The average Bonchev–Trinajstić information content (AvgIpc) is 2.36. The Labute approximate surface area is 103 Å². The van der Waals surface area contributed by atoms with Crippen molar-refractivity contribution in [2.24, 2.45) is 0 Å². The summed E-state index contributed by atoms with van der Waals surface area (Å²) in [6.07, 6.45) is 3.84. The number of para-hydroxylation sites is 1. The van der Waals surface area contributed by atoms with Crippen LogP contribution in [0.5, 0.6) is 0 Å². The van der Waals surface area contributed by atoms with Crippen LogP contribution in [-0.2, 0) is 17.8 Å². The Balaban J connectivity index is 2.03. The standard InChI is InChI=1S/C14H20N2O/c1-2-5-13(17)16-10-12-7-3-6-11-8-4-9-15-14(11)12/h3,6-7,15H,2,4-5,8-10H2,1H3,(H,16,17). The molecule has 0 bridgehead atoms. The molecule has 2 rings (SSSR count). The van der Waals surface area contributed by atoms with Gasteiger partial charge >= 0.3 is 0 Å². The highest BCUT2D eigenvalue weighted by Crippen LogP contribution is 2.25. The SMILES string of the molecule is CCCC(=O)NCc1cccc2c1NCCC2. The molecule has 1 aromatic rings. The lowest BCUT2D eigenvalue weighted by Gasteiger charge is -2.21. The van der Waals surface area contributed by atoms with E-state index in [0.717, 1.165) is 19.4 Å². The molecule has 0 spiro atoms. The maximum absolute atomic E-state index is 11.5. The van der Waals surface area contributed by atoms with Gasteiger partial charge in [-0.15, -0.1) is 0 Å². The maximum atomic E-state index is 11.5. The molecule has 2 N–H and O–H groups in total. The van der Waals surface area contributed by atoms with Gasteiger partial charge in [0.15, 0.2) is 0 Å². The molecule has 0 aromatic heterocycles. The Bertz CT molecular complexity index is 401. The molecule has 92 valence electrons. The predicted molar refractivity (Wildman–Crippen MR) is 70.0 cm³/mol. The molecule has 0 saturated carbocycles. The molecule has 1 aromatic carbocycles. The Morgan fingerprint density at radius 3 is 3.18 bits per heavy atom. The van der Waals surface area contributed by atoms with E-state index in [1.165, 1.54) is 23.2 Å². The highest BCUT2D eigenvalue weighted by molar-refractivity contribution is 5.76. The Hall–Kier alpha value is -1.51. The number of rotatable bonds is 4. The van der Waals surface area contributed by atoms with Crippen molar-refractivity contribution in [2.75, 3.05) is 11.9 Å². The van der Waals surface area contributed by atoms with Gasteiger partial charge < -0.3 is 10.6 Å². The largest absolute Gasteiger partial charge is 0.385 e. The number of aryl methyl sites for hydroxylation is 1. The van der Waals surface area contributed by atoms with Gasteiger partial charge in [-0.3, -0.25) is 4.79 Å². The van der Waals surface area contributed by atoms with Crippen molar-refractivity contribution in [2.45, 2.75) is 39.2 Å². The minimum Gasteiger partial charge on any atom is -0.385 e. The number of amides is 1. The normalized spacial score (nSPS) is 13.7. The van der Waals surface area contributed by atoms with E-state index in [-0.39, 0.29) is 5.91 Å². The molecule has 0 fully saturated rings. The van der Waals surface area contributed by atoms with Gasteiger partial charge in [0.05, 0.1) is 0 Å². The zero-order valence-corrected chi connectivity index (χ0v) is 10.4. The van der Waals surface area contributed by atoms with Gasteiger partial charge in [-0.05, 0) is 30.4 Å². The van der Waals surface area contributed by atoms with Crippen molar-refractivity contribution < 1.29 is 4.79 Å². The third kappa shape index (κ3) is 2.99. The number of benzene rings is 1. The van der Waals surface area contributed by atoms with E-state index in [1.54, 1.807) is 0 Å². The van der Waals surface area contributed by atoms with Gasteiger partial charge in [-0.25, -0.2) is 0 Å². The lowest BCUT2D eigenvalue weighted by Crippen LogP contribution is -2.23. The monoisotopic (exact) mass is 232 g/mol. The van der Waals surface area contributed by atoms with Crippen molar-refractivity contribution in [3.63, 3.8) is 0 Å². The molecular formula is C14H20N2O. The highest BCUT2D eigenvalue weighted by Gasteiger charge is 2.12. The number of nitrogens with one attached hydrogen (secondary N) is 2. The molecule has 3 nitrogen and oxygen atoms in total. The summed E-state index contributed by atoms with van der Waals surface area (Å²) < 4.78 is 0. The molecule has 0 saturated heterocycles. The molecule has 3 heteroatoms. The van der Waals surface area contributed by atoms with Gasteiger partial charge in [0.2, 0.25) is 5.91 Å². The zero-order valence-electron chi connectivity index (χ0n) is 10.4. The molecule has 0 atom stereocenters. The summed E-state index contributed by atoms with van der Waals surface area (Å²) >= 11 is 0. The fraction of sp³-hybridized carbons (Fsp3) is 0.500. The lowest BCUT2D eigenvalue weighted by atomic mass is 9.99. The second-order valence-corrected chi connectivity index (χ2v) is 4.51. The second kappa shape index (κ2) is 5.71. The molecular weight excluding hydrogens is 212 g/mol. The number of carbonyl (C=O) groups is 1. The van der Waals surface area contributed by atoms with E-state index in [2.05, 4.69) is 28.8 Å². The van der Waals surface area contributed by atoms with Crippen LogP contribution in [0, 0.1) is 0 Å². The fourth-order valence-corrected chi connectivity index (χ4v) is 2.24. The topological polar surface area (TPSA) is 41.1 Å². The van der Waals surface area contributed by atoms with Gasteiger partial charge in [0.25, 0.3) is 0 Å². The number of hydrogen-bond acceptors (Lipinski definition) is 2. The average molecular weight is 232 g/mol. The fourth-order valence-electron chi connectivity index (χ4n) is 2.24. The van der Waals surface area contributed by atoms with E-state index in [9.17, 15) is 4.79 Å². The second-order valence-electron chi connectivity index (χ2n) is 4.51. The van der Waals surface area contributed by atoms with Gasteiger partial charge in [0, 0.05) is 25.2 Å². The third-order valence-electron chi connectivity index (χ3n) is 3.11. The number of fused-ring (bicyclic) bond motifs is 1. The first-order valence-corrected chi connectivity index (χ1v) is 6.42. The van der Waals surface area contributed by atoms with Crippen LogP contribution in [0.4, 0.5) is 5.69 Å². The van der Waals surface area contributed by atoms with Gasteiger partial charge in [-0.1, -0.05) is 25.1 Å². The molecule has 1 aliphatic heterocycles. The zero-order chi connectivity index (χ0) is 12.1. The maximum Gasteiger partial charge on any atom is 0.220 e. The van der Waals surface area contributed by atoms with Crippen LogP contribution >= 0.6 is 0 Å². The van der Waals surface area contributed by atoms with E-state index in [0.29, 0.717) is 13.0 Å². The molecule has 1 aliphatic rings. The first-order valence-electron chi connectivity index (χ1n) is 6.42. The summed E-state index contributed by atoms with van der Waals surface area (Å²) in [6, 6.07) is 6.33. The van der Waals surface area contributed by atoms with Gasteiger partial charge in [-0.2, -0.15) is 0 Å². The van der Waals surface area contributed by atoms with Crippen LogP contribution in [0.1, 0.15) is 37.3 Å². The molecule has 1 heterocycles. The van der Waals surface area contributed by atoms with Crippen molar-refractivity contribution in [3.05, 3.63) is 29.3 Å². The van der Waals surface area contributed by atoms with E-state index in [1.807, 2.05) is 6.92 Å². The van der Waals surface area contributed by atoms with Crippen LogP contribution in [-0.4, -0.2) is 12.5 Å². The van der Waals surface area contributed by atoms with Crippen molar-refractivity contribution in [3.8, 4) is 0 Å². The first-order chi connectivity index (χ1) is 8.31. The molecule has 0 radical (unpaired) electrons. The van der Waals surface area contributed by atoms with Crippen LogP contribution in [0.2, 0.25) is 0 Å². The summed E-state index contributed by atoms with van der Waals surface area (Å²) in [7, 11) is 0. The van der Waals surface area contributed by atoms with Crippen LogP contribution < -0.4 is 10.6 Å². The predicted octanol–water partition coefficient (Wildman–Crippen LogP) is 2.46. The van der Waals surface area contributed by atoms with Crippen molar-refractivity contribution in [1.82, 2.24) is 5.32 Å². The minimum atomic E-state index is 0.140. The number of carbonyl (C=O) groups excluding carboxylic acids is 1. The Morgan fingerprint density at radius 2 is 2.35 bits per heavy atom. The summed E-state index contributed by atoms with van der Waals surface area (Å²) in [5.74, 6) is 0.140. The first kappa shape index (κ1) is 12.0.